The van der Waals surface area contributed by atoms with Crippen LogP contribution in [0.3, 0.4) is 0 Å². The number of amides is 1. The Kier molecular flexibility index (Phi) is 7.74. The Bertz CT molecular complexity index is 990. The van der Waals surface area contributed by atoms with Gasteiger partial charge in [-0.15, -0.1) is 11.3 Å². The van der Waals surface area contributed by atoms with E-state index in [-0.39, 0.29) is 11.7 Å². The van der Waals surface area contributed by atoms with E-state index in [1.807, 2.05) is 38.1 Å². The molecule has 152 valence electrons. The van der Waals surface area contributed by atoms with Crippen LogP contribution in [0.15, 0.2) is 45.8 Å². The SMILES string of the molecule is CCOc1cc(/C=N\NC(=O)CSc2nc3ccccc3s2)cc(Cl)c1OCC. The lowest BCUT2D eigenvalue weighted by Crippen LogP contribution is -2.19. The van der Waals surface area contributed by atoms with Gasteiger partial charge in [0.05, 0.1) is 40.4 Å². The zero-order chi connectivity index (χ0) is 20.6. The maximum absolute atomic E-state index is 12.1. The number of carbonyl (C=O) groups is 1. The first-order valence-electron chi connectivity index (χ1n) is 9.00. The van der Waals surface area contributed by atoms with Gasteiger partial charge in [0.25, 0.3) is 5.91 Å². The van der Waals surface area contributed by atoms with Crippen LogP contribution in [0.4, 0.5) is 0 Å². The van der Waals surface area contributed by atoms with Gasteiger partial charge >= 0.3 is 0 Å². The van der Waals surface area contributed by atoms with Gasteiger partial charge in [-0.05, 0) is 43.7 Å². The van der Waals surface area contributed by atoms with Crippen molar-refractivity contribution in [3.05, 3.63) is 47.0 Å². The van der Waals surface area contributed by atoms with Crippen LogP contribution in [0.5, 0.6) is 11.5 Å². The molecule has 0 bridgehead atoms. The molecule has 0 aliphatic carbocycles. The van der Waals surface area contributed by atoms with Crippen molar-refractivity contribution in [3.8, 4) is 11.5 Å². The second-order valence-corrected chi connectivity index (χ2v) is 8.39. The molecule has 0 saturated heterocycles. The quantitative estimate of drug-likeness (QED) is 0.283. The van der Waals surface area contributed by atoms with Crippen molar-refractivity contribution in [3.63, 3.8) is 0 Å². The minimum Gasteiger partial charge on any atom is -0.490 e. The van der Waals surface area contributed by atoms with E-state index in [1.54, 1.807) is 23.5 Å². The molecule has 1 N–H and O–H groups in total. The Morgan fingerprint density at radius 3 is 2.83 bits per heavy atom. The molecule has 0 aliphatic rings. The van der Waals surface area contributed by atoms with Gasteiger partial charge < -0.3 is 9.47 Å². The van der Waals surface area contributed by atoms with E-state index >= 15 is 0 Å². The molecule has 1 amide bonds. The second-order valence-electron chi connectivity index (χ2n) is 5.73. The number of nitrogens with one attached hydrogen (secondary N) is 1. The lowest BCUT2D eigenvalue weighted by molar-refractivity contribution is -0.118. The summed E-state index contributed by atoms with van der Waals surface area (Å²) in [7, 11) is 0. The van der Waals surface area contributed by atoms with Crippen LogP contribution in [0.25, 0.3) is 10.2 Å². The number of fused-ring (bicyclic) bond motifs is 1. The number of thioether (sulfide) groups is 1. The van der Waals surface area contributed by atoms with Gasteiger partial charge in [0, 0.05) is 0 Å². The average Bonchev–Trinajstić information content (AvgIpc) is 3.12. The molecular weight excluding hydrogens is 430 g/mol. The highest BCUT2D eigenvalue weighted by Gasteiger charge is 2.12. The smallest absolute Gasteiger partial charge is 0.250 e. The summed E-state index contributed by atoms with van der Waals surface area (Å²) in [6.07, 6.45) is 1.52. The number of rotatable bonds is 9. The molecule has 0 atom stereocenters. The van der Waals surface area contributed by atoms with Gasteiger partial charge in [0.1, 0.15) is 0 Å². The standard InChI is InChI=1S/C20H20ClN3O3S2/c1-3-26-16-10-13(9-14(21)19(16)27-4-2)11-22-24-18(25)12-28-20-23-15-7-5-6-8-17(15)29-20/h5-11H,3-4,12H2,1-2H3,(H,24,25)/b22-11-. The third kappa shape index (κ3) is 5.85. The summed E-state index contributed by atoms with van der Waals surface area (Å²) in [4.78, 5) is 16.6. The monoisotopic (exact) mass is 449 g/mol. The predicted octanol–water partition coefficient (Wildman–Crippen LogP) is 4.99. The molecule has 0 fully saturated rings. The minimum absolute atomic E-state index is 0.215. The summed E-state index contributed by atoms with van der Waals surface area (Å²) in [6.45, 7) is 4.73. The third-order valence-corrected chi connectivity index (χ3v) is 6.08. The summed E-state index contributed by atoms with van der Waals surface area (Å²) in [6, 6.07) is 11.4. The van der Waals surface area contributed by atoms with Gasteiger partial charge in [-0.25, -0.2) is 10.4 Å². The zero-order valence-electron chi connectivity index (χ0n) is 16.0. The number of para-hydroxylation sites is 1. The predicted molar refractivity (Wildman–Crippen MR) is 120 cm³/mol. The van der Waals surface area contributed by atoms with Gasteiger partial charge in [-0.3, -0.25) is 4.79 Å². The molecule has 0 spiro atoms. The molecule has 0 aliphatic heterocycles. The molecule has 0 radical (unpaired) electrons. The Morgan fingerprint density at radius 2 is 2.07 bits per heavy atom. The number of halogens is 1. The van der Waals surface area contributed by atoms with Crippen molar-refractivity contribution >= 4 is 57.0 Å². The van der Waals surface area contributed by atoms with Gasteiger partial charge in [-0.1, -0.05) is 35.5 Å². The molecule has 2 aromatic carbocycles. The summed E-state index contributed by atoms with van der Waals surface area (Å²) in [5.41, 5.74) is 4.15. The fourth-order valence-electron chi connectivity index (χ4n) is 2.46. The van der Waals surface area contributed by atoms with E-state index in [0.717, 1.165) is 14.6 Å². The highest BCUT2D eigenvalue weighted by atomic mass is 35.5. The number of nitrogens with zero attached hydrogens (tertiary/aromatic N) is 2. The lowest BCUT2D eigenvalue weighted by atomic mass is 10.2. The molecule has 1 aromatic heterocycles. The van der Waals surface area contributed by atoms with Crippen molar-refractivity contribution in [2.45, 2.75) is 18.2 Å². The first-order chi connectivity index (χ1) is 14.1. The zero-order valence-corrected chi connectivity index (χ0v) is 18.4. The molecule has 29 heavy (non-hydrogen) atoms. The van der Waals surface area contributed by atoms with E-state index in [1.165, 1.54) is 18.0 Å². The number of hydrogen-bond acceptors (Lipinski definition) is 7. The molecule has 3 aromatic rings. The van der Waals surface area contributed by atoms with Crippen LogP contribution in [0.2, 0.25) is 5.02 Å². The van der Waals surface area contributed by atoms with Crippen molar-refractivity contribution in [2.24, 2.45) is 5.10 Å². The fraction of sp³-hybridized carbons (Fsp3) is 0.250. The lowest BCUT2D eigenvalue weighted by Gasteiger charge is -2.13. The van der Waals surface area contributed by atoms with E-state index in [2.05, 4.69) is 15.5 Å². The van der Waals surface area contributed by atoms with E-state index in [0.29, 0.717) is 35.3 Å². The average molecular weight is 450 g/mol. The van der Waals surface area contributed by atoms with Crippen LogP contribution >= 0.6 is 34.7 Å². The summed E-state index contributed by atoms with van der Waals surface area (Å²) in [5, 5.41) is 4.43. The number of aromatic nitrogens is 1. The van der Waals surface area contributed by atoms with Crippen LogP contribution < -0.4 is 14.9 Å². The molecular formula is C20H20ClN3O3S2. The Hall–Kier alpha value is -2.29. The number of hydrazone groups is 1. The number of benzene rings is 2. The molecule has 1 heterocycles. The van der Waals surface area contributed by atoms with Crippen LogP contribution in [-0.4, -0.2) is 36.1 Å². The van der Waals surface area contributed by atoms with Gasteiger partial charge in [0.2, 0.25) is 0 Å². The number of thiazole rings is 1. The van der Waals surface area contributed by atoms with Crippen molar-refractivity contribution in [1.82, 2.24) is 10.4 Å². The van der Waals surface area contributed by atoms with Crippen molar-refractivity contribution in [1.29, 1.82) is 0 Å². The van der Waals surface area contributed by atoms with Crippen molar-refractivity contribution < 1.29 is 14.3 Å². The van der Waals surface area contributed by atoms with E-state index < -0.39 is 0 Å². The number of carbonyl (C=O) groups excluding carboxylic acids is 1. The van der Waals surface area contributed by atoms with Crippen LogP contribution in [0, 0.1) is 0 Å². The molecule has 0 unspecified atom stereocenters. The Labute approximate surface area is 182 Å². The topological polar surface area (TPSA) is 72.8 Å². The normalized spacial score (nSPS) is 11.1. The first kappa shape index (κ1) is 21.4. The number of ether oxygens (including phenoxy) is 2. The van der Waals surface area contributed by atoms with Gasteiger partial charge in [-0.2, -0.15) is 5.10 Å². The van der Waals surface area contributed by atoms with E-state index in [9.17, 15) is 4.79 Å². The van der Waals surface area contributed by atoms with E-state index in [4.69, 9.17) is 21.1 Å². The van der Waals surface area contributed by atoms with Gasteiger partial charge in [0.15, 0.2) is 15.8 Å². The summed E-state index contributed by atoms with van der Waals surface area (Å²) in [5.74, 6) is 1.06. The highest BCUT2D eigenvalue weighted by Crippen LogP contribution is 2.36. The maximum atomic E-state index is 12.1. The Morgan fingerprint density at radius 1 is 1.28 bits per heavy atom. The molecule has 6 nitrogen and oxygen atoms in total. The minimum atomic E-state index is -0.215. The molecule has 0 saturated carbocycles. The number of hydrogen-bond donors (Lipinski definition) is 1. The van der Waals surface area contributed by atoms with Crippen LogP contribution in [-0.2, 0) is 4.79 Å². The van der Waals surface area contributed by atoms with Crippen molar-refractivity contribution in [2.75, 3.05) is 19.0 Å². The summed E-state index contributed by atoms with van der Waals surface area (Å²) >= 11 is 9.23. The molecule has 3 rings (SSSR count). The summed E-state index contributed by atoms with van der Waals surface area (Å²) < 4.78 is 13.1. The first-order valence-corrected chi connectivity index (χ1v) is 11.2. The highest BCUT2D eigenvalue weighted by molar-refractivity contribution is 8.01. The third-order valence-electron chi connectivity index (χ3n) is 3.62. The second kappa shape index (κ2) is 10.5. The fourth-order valence-corrected chi connectivity index (χ4v) is 4.60. The Balaban J connectivity index is 1.57. The van der Waals surface area contributed by atoms with Crippen LogP contribution in [0.1, 0.15) is 19.4 Å². The maximum Gasteiger partial charge on any atom is 0.250 e. The molecule has 9 heteroatoms. The largest absolute Gasteiger partial charge is 0.490 e.